The highest BCUT2D eigenvalue weighted by Gasteiger charge is 1.88. The van der Waals surface area contributed by atoms with Gasteiger partial charge in [-0.1, -0.05) is 49.5 Å². The van der Waals surface area contributed by atoms with E-state index in [1.807, 2.05) is 37.3 Å². The lowest BCUT2D eigenvalue weighted by Gasteiger charge is -1.96. The van der Waals surface area contributed by atoms with Crippen LogP contribution in [0.1, 0.15) is 26.2 Å². The number of rotatable bonds is 8. The fourth-order valence-corrected chi connectivity index (χ4v) is 0.980. The van der Waals surface area contributed by atoms with Gasteiger partial charge in [0, 0.05) is 0 Å². The lowest BCUT2D eigenvalue weighted by Crippen LogP contribution is -1.97. The second-order valence-electron chi connectivity index (χ2n) is 3.32. The molecular formula is C14H20O2. The molecule has 0 spiro atoms. The van der Waals surface area contributed by atoms with Crippen LogP contribution < -0.4 is 0 Å². The summed E-state index contributed by atoms with van der Waals surface area (Å²) in [5, 5.41) is 9.21. The van der Waals surface area contributed by atoms with Crippen molar-refractivity contribution in [2.75, 3.05) is 0 Å². The van der Waals surface area contributed by atoms with E-state index in [-0.39, 0.29) is 6.10 Å². The van der Waals surface area contributed by atoms with Crippen molar-refractivity contribution in [3.05, 3.63) is 48.6 Å². The number of allylic oxidation sites excluding steroid dienone is 7. The van der Waals surface area contributed by atoms with Crippen molar-refractivity contribution in [1.29, 1.82) is 0 Å². The van der Waals surface area contributed by atoms with Crippen LogP contribution in [-0.2, 0) is 4.79 Å². The monoisotopic (exact) mass is 220 g/mol. The zero-order chi connectivity index (χ0) is 12.1. The summed E-state index contributed by atoms with van der Waals surface area (Å²) in [7, 11) is 0. The third kappa shape index (κ3) is 10.7. The van der Waals surface area contributed by atoms with Crippen molar-refractivity contribution in [3.8, 4) is 0 Å². The molecule has 1 atom stereocenters. The highest BCUT2D eigenvalue weighted by Crippen LogP contribution is 1.95. The number of aliphatic hydroxyl groups is 1. The van der Waals surface area contributed by atoms with Gasteiger partial charge in [-0.3, -0.25) is 4.79 Å². The third-order valence-electron chi connectivity index (χ3n) is 1.94. The Morgan fingerprint density at radius 3 is 2.19 bits per heavy atom. The summed E-state index contributed by atoms with van der Waals surface area (Å²) in [6.45, 7) is 1.94. The molecule has 2 heteroatoms. The van der Waals surface area contributed by atoms with Crippen LogP contribution in [0.3, 0.4) is 0 Å². The van der Waals surface area contributed by atoms with Gasteiger partial charge in [0.25, 0.3) is 0 Å². The van der Waals surface area contributed by atoms with Gasteiger partial charge in [-0.05, 0) is 25.3 Å². The van der Waals surface area contributed by atoms with Gasteiger partial charge >= 0.3 is 0 Å². The molecule has 0 saturated carbocycles. The Morgan fingerprint density at radius 2 is 1.62 bits per heavy atom. The number of carbonyl (C=O) groups excluding carboxylic acids is 1. The van der Waals surface area contributed by atoms with Gasteiger partial charge in [-0.15, -0.1) is 0 Å². The largest absolute Gasteiger partial charge is 0.389 e. The minimum atomic E-state index is -0.335. The van der Waals surface area contributed by atoms with E-state index in [1.165, 1.54) is 6.08 Å². The Morgan fingerprint density at radius 1 is 1.00 bits per heavy atom. The molecule has 0 saturated heterocycles. The van der Waals surface area contributed by atoms with Crippen LogP contribution in [0, 0.1) is 0 Å². The number of hydrogen-bond acceptors (Lipinski definition) is 2. The van der Waals surface area contributed by atoms with Crippen LogP contribution in [0.5, 0.6) is 0 Å². The fourth-order valence-electron chi connectivity index (χ4n) is 0.980. The van der Waals surface area contributed by atoms with E-state index in [0.29, 0.717) is 0 Å². The van der Waals surface area contributed by atoms with Gasteiger partial charge in [0.1, 0.15) is 6.29 Å². The van der Waals surface area contributed by atoms with Crippen LogP contribution in [0.25, 0.3) is 0 Å². The molecule has 88 valence electrons. The summed E-state index contributed by atoms with van der Waals surface area (Å²) in [4.78, 5) is 9.93. The molecule has 0 aliphatic heterocycles. The van der Waals surface area contributed by atoms with Gasteiger partial charge < -0.3 is 5.11 Å². The smallest absolute Gasteiger partial charge is 0.142 e. The Hall–Kier alpha value is -1.41. The molecule has 0 aromatic heterocycles. The van der Waals surface area contributed by atoms with Crippen molar-refractivity contribution < 1.29 is 9.90 Å². The summed E-state index contributed by atoms with van der Waals surface area (Å²) in [5.74, 6) is 0. The Kier molecular flexibility index (Phi) is 10.6. The van der Waals surface area contributed by atoms with E-state index in [0.717, 1.165) is 25.5 Å². The van der Waals surface area contributed by atoms with Crippen LogP contribution in [0.2, 0.25) is 0 Å². The molecule has 1 N–H and O–H groups in total. The molecule has 16 heavy (non-hydrogen) atoms. The molecule has 0 aromatic rings. The second kappa shape index (κ2) is 11.7. The zero-order valence-electron chi connectivity index (χ0n) is 9.75. The van der Waals surface area contributed by atoms with Crippen molar-refractivity contribution in [3.63, 3.8) is 0 Å². The number of hydrogen-bond donors (Lipinski definition) is 1. The standard InChI is InChI=1S/C14H20O2/c1-2-14(16)12-10-8-6-4-3-5-7-9-11-13-15/h5-14,16H,2-4H2,1H3. The van der Waals surface area contributed by atoms with Crippen LogP contribution in [-0.4, -0.2) is 17.5 Å². The lowest BCUT2D eigenvalue weighted by atomic mass is 10.2. The summed E-state index contributed by atoms with van der Waals surface area (Å²) in [6, 6.07) is 0. The minimum absolute atomic E-state index is 0.335. The molecule has 0 rings (SSSR count). The maximum atomic E-state index is 9.93. The number of unbranched alkanes of at least 4 members (excludes halogenated alkanes) is 1. The number of carbonyl (C=O) groups is 1. The van der Waals surface area contributed by atoms with Gasteiger partial charge in [0.15, 0.2) is 0 Å². The Balaban J connectivity index is 3.54. The Labute approximate surface area is 97.7 Å². The highest BCUT2D eigenvalue weighted by atomic mass is 16.3. The first-order valence-electron chi connectivity index (χ1n) is 5.59. The van der Waals surface area contributed by atoms with Crippen molar-refractivity contribution in [2.24, 2.45) is 0 Å². The molecule has 1 unspecified atom stereocenters. The van der Waals surface area contributed by atoms with Gasteiger partial charge in [0.2, 0.25) is 0 Å². The predicted octanol–water partition coefficient (Wildman–Crippen LogP) is 2.96. The number of aldehydes is 1. The maximum absolute atomic E-state index is 9.93. The quantitative estimate of drug-likeness (QED) is 0.295. The van der Waals surface area contributed by atoms with Crippen molar-refractivity contribution >= 4 is 6.29 Å². The number of aliphatic hydroxyl groups excluding tert-OH is 1. The van der Waals surface area contributed by atoms with Gasteiger partial charge in [0.05, 0.1) is 6.10 Å². The van der Waals surface area contributed by atoms with Crippen LogP contribution >= 0.6 is 0 Å². The molecule has 0 aromatic carbocycles. The average Bonchev–Trinajstić information content (AvgIpc) is 2.31. The minimum Gasteiger partial charge on any atom is -0.389 e. The first kappa shape index (κ1) is 14.6. The summed E-state index contributed by atoms with van der Waals surface area (Å²) in [6.07, 6.45) is 17.7. The zero-order valence-corrected chi connectivity index (χ0v) is 9.75. The Bertz CT molecular complexity index is 272. The van der Waals surface area contributed by atoms with Crippen LogP contribution in [0.4, 0.5) is 0 Å². The fraction of sp³-hybridized carbons (Fsp3) is 0.357. The van der Waals surface area contributed by atoms with Gasteiger partial charge in [-0.25, -0.2) is 0 Å². The molecule has 0 radical (unpaired) electrons. The molecular weight excluding hydrogens is 200 g/mol. The van der Waals surface area contributed by atoms with E-state index in [1.54, 1.807) is 12.2 Å². The molecule has 0 heterocycles. The van der Waals surface area contributed by atoms with E-state index in [9.17, 15) is 9.90 Å². The molecule has 0 aliphatic rings. The van der Waals surface area contributed by atoms with E-state index in [2.05, 4.69) is 0 Å². The maximum Gasteiger partial charge on any atom is 0.142 e. The van der Waals surface area contributed by atoms with E-state index >= 15 is 0 Å². The van der Waals surface area contributed by atoms with Crippen molar-refractivity contribution in [2.45, 2.75) is 32.3 Å². The molecule has 0 aliphatic carbocycles. The van der Waals surface area contributed by atoms with E-state index in [4.69, 9.17) is 0 Å². The second-order valence-corrected chi connectivity index (χ2v) is 3.32. The summed E-state index contributed by atoms with van der Waals surface area (Å²) < 4.78 is 0. The molecule has 2 nitrogen and oxygen atoms in total. The van der Waals surface area contributed by atoms with E-state index < -0.39 is 0 Å². The SMILES string of the molecule is CCC(O)C=CC=CCCC=CC=CC=O. The summed E-state index contributed by atoms with van der Waals surface area (Å²) >= 11 is 0. The predicted molar refractivity (Wildman–Crippen MR) is 68.2 cm³/mol. The molecule has 0 amide bonds. The topological polar surface area (TPSA) is 37.3 Å². The van der Waals surface area contributed by atoms with Crippen molar-refractivity contribution in [1.82, 2.24) is 0 Å². The first-order chi connectivity index (χ1) is 7.81. The normalized spacial score (nSPS) is 14.6. The highest BCUT2D eigenvalue weighted by molar-refractivity contribution is 5.65. The van der Waals surface area contributed by atoms with Gasteiger partial charge in [-0.2, -0.15) is 0 Å². The van der Waals surface area contributed by atoms with Crippen LogP contribution in [0.15, 0.2) is 48.6 Å². The summed E-state index contributed by atoms with van der Waals surface area (Å²) in [5.41, 5.74) is 0. The molecule has 0 fully saturated rings. The first-order valence-corrected chi connectivity index (χ1v) is 5.59. The lowest BCUT2D eigenvalue weighted by molar-refractivity contribution is -0.104. The molecule has 0 bridgehead atoms. The third-order valence-corrected chi connectivity index (χ3v) is 1.94. The average molecular weight is 220 g/mol.